The Kier molecular flexibility index (Phi) is 4.19. The number of benzene rings is 2. The van der Waals surface area contributed by atoms with Crippen LogP contribution >= 0.6 is 11.3 Å². The van der Waals surface area contributed by atoms with E-state index in [1.54, 1.807) is 18.4 Å². The van der Waals surface area contributed by atoms with E-state index >= 15 is 0 Å². The molecular formula is C19H18N4OS. The van der Waals surface area contributed by atoms with Gasteiger partial charge in [-0.2, -0.15) is 9.61 Å². The van der Waals surface area contributed by atoms with Crippen LogP contribution in [-0.2, 0) is 12.8 Å². The van der Waals surface area contributed by atoms with Crippen molar-refractivity contribution in [3.05, 3.63) is 76.1 Å². The molecule has 0 atom stereocenters. The first-order chi connectivity index (χ1) is 12.2. The van der Waals surface area contributed by atoms with Gasteiger partial charge in [0.1, 0.15) is 10.8 Å². The van der Waals surface area contributed by atoms with E-state index in [0.29, 0.717) is 0 Å². The van der Waals surface area contributed by atoms with Gasteiger partial charge in [-0.3, -0.25) is 0 Å². The lowest BCUT2D eigenvalue weighted by Gasteiger charge is -2.05. The Balaban J connectivity index is 1.63. The minimum absolute atomic E-state index is 0.724. The van der Waals surface area contributed by atoms with Crippen LogP contribution in [0.2, 0.25) is 0 Å². The number of nitrogens with zero attached hydrogens (tertiary/aromatic N) is 4. The molecule has 2 aromatic carbocycles. The summed E-state index contributed by atoms with van der Waals surface area (Å²) < 4.78 is 7.29. The fraction of sp³-hybridized carbons (Fsp3) is 0.211. The van der Waals surface area contributed by atoms with Gasteiger partial charge in [-0.05, 0) is 24.1 Å². The summed E-state index contributed by atoms with van der Waals surface area (Å²) in [7, 11) is 1.69. The van der Waals surface area contributed by atoms with Crippen molar-refractivity contribution in [2.24, 2.45) is 0 Å². The monoisotopic (exact) mass is 350 g/mol. The number of fused-ring (bicyclic) bond motifs is 1. The predicted molar refractivity (Wildman–Crippen MR) is 98.4 cm³/mol. The minimum atomic E-state index is 0.724. The molecule has 0 fully saturated rings. The predicted octanol–water partition coefficient (Wildman–Crippen LogP) is 3.68. The highest BCUT2D eigenvalue weighted by molar-refractivity contribution is 7.16. The van der Waals surface area contributed by atoms with E-state index in [1.165, 1.54) is 11.1 Å². The van der Waals surface area contributed by atoms with Crippen LogP contribution in [0.25, 0.3) is 4.96 Å². The molecule has 0 saturated heterocycles. The third kappa shape index (κ3) is 3.13. The normalized spacial score (nSPS) is 11.1. The van der Waals surface area contributed by atoms with Gasteiger partial charge in [0.2, 0.25) is 4.96 Å². The SMILES string of the molecule is COc1ccccc1Cc1nn2c(Cc3ccccc3C)nnc2s1. The maximum absolute atomic E-state index is 5.43. The Hall–Kier alpha value is -2.73. The van der Waals surface area contributed by atoms with E-state index < -0.39 is 0 Å². The molecule has 6 heteroatoms. The number of ether oxygens (including phenoxy) is 1. The van der Waals surface area contributed by atoms with Crippen molar-refractivity contribution < 1.29 is 4.74 Å². The largest absolute Gasteiger partial charge is 0.496 e. The zero-order valence-electron chi connectivity index (χ0n) is 14.1. The molecule has 4 aromatic rings. The van der Waals surface area contributed by atoms with Crippen LogP contribution in [0.5, 0.6) is 5.75 Å². The number of methoxy groups -OCH3 is 1. The highest BCUT2D eigenvalue weighted by Gasteiger charge is 2.14. The van der Waals surface area contributed by atoms with Crippen LogP contribution in [0.3, 0.4) is 0 Å². The van der Waals surface area contributed by atoms with Gasteiger partial charge in [0, 0.05) is 18.4 Å². The number of hydrogen-bond acceptors (Lipinski definition) is 5. The number of rotatable bonds is 5. The summed E-state index contributed by atoms with van der Waals surface area (Å²) in [5, 5.41) is 14.3. The first-order valence-corrected chi connectivity index (χ1v) is 8.92. The van der Waals surface area contributed by atoms with Crippen LogP contribution < -0.4 is 4.74 Å². The molecule has 0 spiro atoms. The zero-order valence-corrected chi connectivity index (χ0v) is 15.0. The number of aryl methyl sites for hydroxylation is 1. The molecule has 4 rings (SSSR count). The third-order valence-corrected chi connectivity index (χ3v) is 5.14. The van der Waals surface area contributed by atoms with Crippen LogP contribution in [0, 0.1) is 6.92 Å². The van der Waals surface area contributed by atoms with E-state index in [-0.39, 0.29) is 0 Å². The van der Waals surface area contributed by atoms with Gasteiger partial charge >= 0.3 is 0 Å². The molecule has 2 heterocycles. The number of hydrogen-bond donors (Lipinski definition) is 0. The molecule has 0 N–H and O–H groups in total. The van der Waals surface area contributed by atoms with Gasteiger partial charge in [-0.1, -0.05) is 53.8 Å². The van der Waals surface area contributed by atoms with Crippen molar-refractivity contribution in [2.45, 2.75) is 19.8 Å². The molecular weight excluding hydrogens is 332 g/mol. The van der Waals surface area contributed by atoms with Gasteiger partial charge < -0.3 is 4.74 Å². The summed E-state index contributed by atoms with van der Waals surface area (Å²) in [6, 6.07) is 16.4. The van der Waals surface area contributed by atoms with E-state index in [4.69, 9.17) is 9.84 Å². The molecule has 0 saturated carbocycles. The molecule has 126 valence electrons. The second-order valence-corrected chi connectivity index (χ2v) is 6.94. The Bertz CT molecular complexity index is 1020. The quantitative estimate of drug-likeness (QED) is 0.551. The summed E-state index contributed by atoms with van der Waals surface area (Å²) >= 11 is 1.57. The Morgan fingerprint density at radius 2 is 1.72 bits per heavy atom. The van der Waals surface area contributed by atoms with Gasteiger partial charge in [-0.15, -0.1) is 10.2 Å². The molecule has 0 amide bonds. The van der Waals surface area contributed by atoms with Crippen molar-refractivity contribution in [1.29, 1.82) is 0 Å². The molecule has 5 nitrogen and oxygen atoms in total. The maximum atomic E-state index is 5.43. The topological polar surface area (TPSA) is 52.3 Å². The molecule has 2 aromatic heterocycles. The summed E-state index contributed by atoms with van der Waals surface area (Å²) in [6.07, 6.45) is 1.45. The highest BCUT2D eigenvalue weighted by Crippen LogP contribution is 2.24. The second-order valence-electron chi connectivity index (χ2n) is 5.90. The van der Waals surface area contributed by atoms with E-state index in [2.05, 4.69) is 41.4 Å². The lowest BCUT2D eigenvalue weighted by molar-refractivity contribution is 0.410. The molecule has 25 heavy (non-hydrogen) atoms. The number of para-hydroxylation sites is 1. The lowest BCUT2D eigenvalue weighted by atomic mass is 10.1. The van der Waals surface area contributed by atoms with E-state index in [9.17, 15) is 0 Å². The van der Waals surface area contributed by atoms with Crippen LogP contribution in [-0.4, -0.2) is 26.9 Å². The Labute approximate surface area is 149 Å². The molecule has 0 aliphatic heterocycles. The van der Waals surface area contributed by atoms with E-state index in [0.717, 1.165) is 39.9 Å². The molecule has 0 unspecified atom stereocenters. The lowest BCUT2D eigenvalue weighted by Crippen LogP contribution is -2.00. The molecule has 0 bridgehead atoms. The maximum Gasteiger partial charge on any atom is 0.234 e. The molecule has 0 radical (unpaired) electrons. The summed E-state index contributed by atoms with van der Waals surface area (Å²) in [5.41, 5.74) is 3.62. The van der Waals surface area contributed by atoms with Gasteiger partial charge in [0.05, 0.1) is 7.11 Å². The van der Waals surface area contributed by atoms with Gasteiger partial charge in [-0.25, -0.2) is 0 Å². The second kappa shape index (κ2) is 6.64. The number of aromatic nitrogens is 4. The van der Waals surface area contributed by atoms with Crippen LogP contribution in [0.1, 0.15) is 27.5 Å². The minimum Gasteiger partial charge on any atom is -0.496 e. The zero-order chi connectivity index (χ0) is 17.2. The van der Waals surface area contributed by atoms with Crippen LogP contribution in [0.15, 0.2) is 48.5 Å². The van der Waals surface area contributed by atoms with Gasteiger partial charge in [0.15, 0.2) is 5.82 Å². The van der Waals surface area contributed by atoms with Crippen molar-refractivity contribution in [3.63, 3.8) is 0 Å². The Morgan fingerprint density at radius 3 is 2.52 bits per heavy atom. The summed E-state index contributed by atoms with van der Waals surface area (Å²) in [5.74, 6) is 1.75. The first kappa shape index (κ1) is 15.8. The Morgan fingerprint density at radius 1 is 0.960 bits per heavy atom. The molecule has 0 aliphatic carbocycles. The van der Waals surface area contributed by atoms with Crippen LogP contribution in [0.4, 0.5) is 0 Å². The molecule has 0 aliphatic rings. The standard InChI is InChI=1S/C19H18N4OS/c1-13-7-3-4-8-14(13)11-17-20-21-19-23(17)22-18(25-19)12-15-9-5-6-10-16(15)24-2/h3-10H,11-12H2,1-2H3. The highest BCUT2D eigenvalue weighted by atomic mass is 32.1. The fourth-order valence-corrected chi connectivity index (χ4v) is 3.74. The van der Waals surface area contributed by atoms with E-state index in [1.807, 2.05) is 28.8 Å². The van der Waals surface area contributed by atoms with Crippen molar-refractivity contribution in [3.8, 4) is 5.75 Å². The van der Waals surface area contributed by atoms with Crippen molar-refractivity contribution >= 4 is 16.3 Å². The third-order valence-electron chi connectivity index (χ3n) is 4.24. The van der Waals surface area contributed by atoms with Crippen molar-refractivity contribution in [2.75, 3.05) is 7.11 Å². The average Bonchev–Trinajstić information content (AvgIpc) is 3.18. The first-order valence-electron chi connectivity index (χ1n) is 8.11. The summed E-state index contributed by atoms with van der Waals surface area (Å²) in [6.45, 7) is 2.11. The van der Waals surface area contributed by atoms with Crippen molar-refractivity contribution in [1.82, 2.24) is 19.8 Å². The smallest absolute Gasteiger partial charge is 0.234 e. The fourth-order valence-electron chi connectivity index (χ4n) is 2.87. The van der Waals surface area contributed by atoms with Gasteiger partial charge in [0.25, 0.3) is 0 Å². The summed E-state index contributed by atoms with van der Waals surface area (Å²) in [4.78, 5) is 0.827. The average molecular weight is 350 g/mol.